The first-order valence-electron chi connectivity index (χ1n) is 7.75. The van der Waals surface area contributed by atoms with Crippen molar-refractivity contribution in [1.29, 1.82) is 0 Å². The monoisotopic (exact) mass is 381 g/mol. The van der Waals surface area contributed by atoms with Crippen molar-refractivity contribution in [1.82, 2.24) is 9.38 Å². The predicted molar refractivity (Wildman–Crippen MR) is 93.5 cm³/mol. The number of carbonyl (C=O) groups excluding carboxylic acids is 1. The maximum absolute atomic E-state index is 12.9. The molecule has 0 radical (unpaired) electrons. The number of aromatic nitrogens is 2. The zero-order valence-corrected chi connectivity index (χ0v) is 14.7. The number of aryl methyl sites for hydroxylation is 2. The molecule has 0 unspecified atom stereocenters. The Bertz CT molecular complexity index is 995. The summed E-state index contributed by atoms with van der Waals surface area (Å²) in [6.45, 7) is 3.83. The Balaban J connectivity index is 1.82. The van der Waals surface area contributed by atoms with E-state index in [4.69, 9.17) is 11.6 Å². The lowest BCUT2D eigenvalue weighted by Gasteiger charge is -2.08. The molecule has 4 nitrogen and oxygen atoms in total. The lowest BCUT2D eigenvalue weighted by Crippen LogP contribution is -2.15. The van der Waals surface area contributed by atoms with E-state index < -0.39 is 11.7 Å². The lowest BCUT2D eigenvalue weighted by molar-refractivity contribution is -0.137. The summed E-state index contributed by atoms with van der Waals surface area (Å²) in [5, 5.41) is 2.66. The van der Waals surface area contributed by atoms with E-state index in [1.54, 1.807) is 6.07 Å². The Kier molecular flexibility index (Phi) is 4.66. The standard InChI is InChI=1S/C18H15ClF3N3O/c1-10-3-4-15(11(2)5-10)24-16(26)7-13-9-25-8-12(18(20,21)22)6-14(19)17(25)23-13/h3-6,8-9H,7H2,1-2H3,(H,24,26). The Morgan fingerprint density at radius 2 is 1.96 bits per heavy atom. The van der Waals surface area contributed by atoms with Gasteiger partial charge in [0.05, 0.1) is 22.7 Å². The molecule has 0 saturated carbocycles. The van der Waals surface area contributed by atoms with Gasteiger partial charge in [0.2, 0.25) is 5.91 Å². The van der Waals surface area contributed by atoms with E-state index in [1.165, 1.54) is 10.6 Å². The van der Waals surface area contributed by atoms with E-state index >= 15 is 0 Å². The van der Waals surface area contributed by atoms with E-state index in [2.05, 4.69) is 10.3 Å². The van der Waals surface area contributed by atoms with Gasteiger partial charge in [-0.1, -0.05) is 29.3 Å². The number of anilines is 1. The number of amides is 1. The molecular formula is C18H15ClF3N3O. The first kappa shape index (κ1) is 18.3. The molecule has 0 fully saturated rings. The van der Waals surface area contributed by atoms with E-state index in [0.29, 0.717) is 11.4 Å². The van der Waals surface area contributed by atoms with E-state index in [9.17, 15) is 18.0 Å². The van der Waals surface area contributed by atoms with Gasteiger partial charge in [0.25, 0.3) is 0 Å². The van der Waals surface area contributed by atoms with Crippen LogP contribution in [0.15, 0.2) is 36.7 Å². The van der Waals surface area contributed by atoms with Crippen molar-refractivity contribution < 1.29 is 18.0 Å². The molecule has 8 heteroatoms. The first-order valence-corrected chi connectivity index (χ1v) is 8.13. The van der Waals surface area contributed by atoms with Gasteiger partial charge in [-0.2, -0.15) is 13.2 Å². The number of carbonyl (C=O) groups is 1. The van der Waals surface area contributed by atoms with Crippen LogP contribution in [0.4, 0.5) is 18.9 Å². The summed E-state index contributed by atoms with van der Waals surface area (Å²) >= 11 is 5.90. The van der Waals surface area contributed by atoms with Gasteiger partial charge in [0.1, 0.15) is 0 Å². The third-order valence-electron chi connectivity index (χ3n) is 3.88. The van der Waals surface area contributed by atoms with Crippen LogP contribution in [0.5, 0.6) is 0 Å². The summed E-state index contributed by atoms with van der Waals surface area (Å²) < 4.78 is 39.8. The highest BCUT2D eigenvalue weighted by molar-refractivity contribution is 6.33. The number of halogens is 4. The second-order valence-corrected chi connectivity index (χ2v) is 6.49. The average Bonchev–Trinajstić information content (AvgIpc) is 2.92. The van der Waals surface area contributed by atoms with Crippen LogP contribution in [-0.2, 0) is 17.4 Å². The number of hydrogen-bond acceptors (Lipinski definition) is 2. The van der Waals surface area contributed by atoms with Crippen LogP contribution in [0, 0.1) is 13.8 Å². The minimum absolute atomic E-state index is 0.0767. The fraction of sp³-hybridized carbons (Fsp3) is 0.222. The van der Waals surface area contributed by atoms with E-state index in [1.807, 2.05) is 26.0 Å². The number of benzene rings is 1. The van der Waals surface area contributed by atoms with Crippen molar-refractivity contribution in [2.45, 2.75) is 26.4 Å². The number of pyridine rings is 1. The molecule has 0 aliphatic carbocycles. The summed E-state index contributed by atoms with van der Waals surface area (Å²) in [6, 6.07) is 6.45. The Morgan fingerprint density at radius 3 is 2.62 bits per heavy atom. The zero-order valence-electron chi connectivity index (χ0n) is 14.0. The molecule has 0 atom stereocenters. The summed E-state index contributed by atoms with van der Waals surface area (Å²) in [4.78, 5) is 16.4. The summed E-state index contributed by atoms with van der Waals surface area (Å²) in [5.41, 5.74) is 2.31. The molecule has 0 aliphatic rings. The van der Waals surface area contributed by atoms with Crippen LogP contribution in [0.2, 0.25) is 5.02 Å². The van der Waals surface area contributed by atoms with Crippen LogP contribution in [-0.4, -0.2) is 15.3 Å². The maximum atomic E-state index is 12.9. The molecule has 136 valence electrons. The van der Waals surface area contributed by atoms with Crippen molar-refractivity contribution in [2.75, 3.05) is 5.32 Å². The second kappa shape index (κ2) is 6.64. The van der Waals surface area contributed by atoms with Crippen LogP contribution in [0.1, 0.15) is 22.4 Å². The highest BCUT2D eigenvalue weighted by atomic mass is 35.5. The van der Waals surface area contributed by atoms with Crippen molar-refractivity contribution >= 4 is 28.8 Å². The smallest absolute Gasteiger partial charge is 0.326 e. The van der Waals surface area contributed by atoms with Gasteiger partial charge >= 0.3 is 6.18 Å². The fourth-order valence-corrected chi connectivity index (χ4v) is 2.92. The molecule has 1 N–H and O–H groups in total. The van der Waals surface area contributed by atoms with Crippen molar-refractivity contribution in [3.63, 3.8) is 0 Å². The Labute approximate surface area is 152 Å². The van der Waals surface area contributed by atoms with E-state index in [-0.39, 0.29) is 23.0 Å². The summed E-state index contributed by atoms with van der Waals surface area (Å²) in [5.74, 6) is -0.312. The zero-order chi connectivity index (χ0) is 19.1. The van der Waals surface area contributed by atoms with Crippen molar-refractivity contribution in [2.24, 2.45) is 0 Å². The topological polar surface area (TPSA) is 46.4 Å². The van der Waals surface area contributed by atoms with Crippen LogP contribution >= 0.6 is 11.6 Å². The summed E-state index contributed by atoms with van der Waals surface area (Å²) in [7, 11) is 0. The molecule has 3 aromatic rings. The number of fused-ring (bicyclic) bond motifs is 1. The molecule has 1 amide bonds. The highest BCUT2D eigenvalue weighted by Crippen LogP contribution is 2.32. The highest BCUT2D eigenvalue weighted by Gasteiger charge is 2.32. The van der Waals surface area contributed by atoms with Crippen LogP contribution in [0.25, 0.3) is 5.65 Å². The predicted octanol–water partition coefficient (Wildman–Crippen LogP) is 4.80. The van der Waals surface area contributed by atoms with Gasteiger partial charge in [0.15, 0.2) is 5.65 Å². The van der Waals surface area contributed by atoms with E-state index in [0.717, 1.165) is 23.4 Å². The van der Waals surface area contributed by atoms with Crippen molar-refractivity contribution in [3.05, 3.63) is 64.1 Å². The van der Waals surface area contributed by atoms with Gasteiger partial charge in [-0.05, 0) is 31.5 Å². The van der Waals surface area contributed by atoms with Gasteiger partial charge in [-0.25, -0.2) is 4.98 Å². The number of hydrogen-bond donors (Lipinski definition) is 1. The van der Waals surface area contributed by atoms with Gasteiger partial charge < -0.3 is 9.72 Å². The molecule has 3 rings (SSSR count). The first-order chi connectivity index (χ1) is 12.1. The molecule has 1 aromatic carbocycles. The normalized spacial score (nSPS) is 11.8. The number of nitrogens with one attached hydrogen (secondary N) is 1. The molecular weight excluding hydrogens is 367 g/mol. The van der Waals surface area contributed by atoms with Crippen LogP contribution in [0.3, 0.4) is 0 Å². The molecule has 0 bridgehead atoms. The SMILES string of the molecule is Cc1ccc(NC(=O)Cc2cn3cc(C(F)(F)F)cc(Cl)c3n2)c(C)c1. The second-order valence-electron chi connectivity index (χ2n) is 6.08. The van der Waals surface area contributed by atoms with Gasteiger partial charge in [0, 0.05) is 18.1 Å². The largest absolute Gasteiger partial charge is 0.417 e. The lowest BCUT2D eigenvalue weighted by atomic mass is 10.1. The number of nitrogens with zero attached hydrogens (tertiary/aromatic N) is 2. The third kappa shape index (κ3) is 3.83. The fourth-order valence-electron chi connectivity index (χ4n) is 2.66. The number of alkyl halides is 3. The molecule has 2 aromatic heterocycles. The Hall–Kier alpha value is -2.54. The maximum Gasteiger partial charge on any atom is 0.417 e. The average molecular weight is 382 g/mol. The molecule has 0 spiro atoms. The molecule has 0 saturated heterocycles. The molecule has 26 heavy (non-hydrogen) atoms. The molecule has 0 aliphatic heterocycles. The molecule has 2 heterocycles. The Morgan fingerprint density at radius 1 is 1.23 bits per heavy atom. The third-order valence-corrected chi connectivity index (χ3v) is 4.16. The summed E-state index contributed by atoms with van der Waals surface area (Å²) in [6.07, 6.45) is -2.31. The minimum atomic E-state index is -4.51. The van der Waals surface area contributed by atoms with Gasteiger partial charge in [-0.15, -0.1) is 0 Å². The number of imidazole rings is 1. The van der Waals surface area contributed by atoms with Crippen LogP contribution < -0.4 is 5.32 Å². The quantitative estimate of drug-likeness (QED) is 0.708. The van der Waals surface area contributed by atoms with Gasteiger partial charge in [-0.3, -0.25) is 4.79 Å². The van der Waals surface area contributed by atoms with Crippen molar-refractivity contribution in [3.8, 4) is 0 Å². The minimum Gasteiger partial charge on any atom is -0.326 e. The number of rotatable bonds is 3.